The van der Waals surface area contributed by atoms with E-state index in [1.165, 1.54) is 51.6 Å². The summed E-state index contributed by atoms with van der Waals surface area (Å²) in [5, 5.41) is 3.43. The molecule has 0 aromatic carbocycles. The number of ether oxygens (including phenoxy) is 1. The van der Waals surface area contributed by atoms with Gasteiger partial charge in [-0.3, -0.25) is 4.90 Å². The number of rotatable bonds is 7. The summed E-state index contributed by atoms with van der Waals surface area (Å²) in [5.74, 6) is 1.03. The normalized spacial score (nSPS) is 27.7. The highest BCUT2D eigenvalue weighted by Gasteiger charge is 2.40. The first-order chi connectivity index (χ1) is 8.81. The molecule has 2 aliphatic carbocycles. The van der Waals surface area contributed by atoms with Crippen molar-refractivity contribution >= 4 is 0 Å². The van der Waals surface area contributed by atoms with Crippen molar-refractivity contribution in [2.75, 3.05) is 39.9 Å². The Bertz CT molecular complexity index is 262. The van der Waals surface area contributed by atoms with Crippen LogP contribution in [0.25, 0.3) is 0 Å². The Morgan fingerprint density at radius 2 is 1.89 bits per heavy atom. The highest BCUT2D eigenvalue weighted by Crippen LogP contribution is 2.39. The Labute approximate surface area is 111 Å². The smallest absolute Gasteiger partial charge is 0.0472 e. The third kappa shape index (κ3) is 3.25. The molecule has 1 saturated heterocycles. The molecule has 1 aliphatic heterocycles. The van der Waals surface area contributed by atoms with Gasteiger partial charge in [0.2, 0.25) is 0 Å². The van der Waals surface area contributed by atoms with Gasteiger partial charge in [0.1, 0.15) is 0 Å². The molecule has 18 heavy (non-hydrogen) atoms. The van der Waals surface area contributed by atoms with E-state index in [0.717, 1.165) is 31.7 Å². The van der Waals surface area contributed by atoms with Crippen LogP contribution in [0.1, 0.15) is 38.5 Å². The number of nitrogens with one attached hydrogen (secondary N) is 1. The molecule has 0 amide bonds. The highest BCUT2D eigenvalue weighted by atomic mass is 16.5. The first-order valence-corrected chi connectivity index (χ1v) is 7.78. The molecular weight excluding hydrogens is 224 g/mol. The van der Waals surface area contributed by atoms with Crippen molar-refractivity contribution in [3.05, 3.63) is 0 Å². The largest absolute Gasteiger partial charge is 0.381 e. The molecular formula is C15H28N2O. The molecule has 0 bridgehead atoms. The molecule has 3 rings (SSSR count). The zero-order valence-corrected chi connectivity index (χ0v) is 11.8. The van der Waals surface area contributed by atoms with Crippen LogP contribution in [0, 0.1) is 11.3 Å². The Morgan fingerprint density at radius 1 is 1.17 bits per heavy atom. The van der Waals surface area contributed by atoms with Crippen LogP contribution in [0.15, 0.2) is 0 Å². The quantitative estimate of drug-likeness (QED) is 0.749. The van der Waals surface area contributed by atoms with E-state index < -0.39 is 0 Å². The fourth-order valence-electron chi connectivity index (χ4n) is 3.42. The van der Waals surface area contributed by atoms with Crippen molar-refractivity contribution in [3.8, 4) is 0 Å². The van der Waals surface area contributed by atoms with E-state index in [9.17, 15) is 0 Å². The van der Waals surface area contributed by atoms with Gasteiger partial charge in [-0.25, -0.2) is 0 Å². The Morgan fingerprint density at radius 3 is 2.44 bits per heavy atom. The molecule has 0 radical (unpaired) electrons. The van der Waals surface area contributed by atoms with Crippen LogP contribution in [0.3, 0.4) is 0 Å². The van der Waals surface area contributed by atoms with Gasteiger partial charge in [0, 0.05) is 38.9 Å². The van der Waals surface area contributed by atoms with Crippen molar-refractivity contribution < 1.29 is 4.74 Å². The van der Waals surface area contributed by atoms with Crippen LogP contribution in [0.4, 0.5) is 0 Å². The highest BCUT2D eigenvalue weighted by molar-refractivity contribution is 4.94. The van der Waals surface area contributed by atoms with Gasteiger partial charge in [0.15, 0.2) is 0 Å². The summed E-state index contributed by atoms with van der Waals surface area (Å²) in [6, 6.07) is 0.919. The van der Waals surface area contributed by atoms with Crippen molar-refractivity contribution in [2.24, 2.45) is 11.3 Å². The van der Waals surface area contributed by atoms with Gasteiger partial charge in [-0.2, -0.15) is 0 Å². The van der Waals surface area contributed by atoms with Gasteiger partial charge >= 0.3 is 0 Å². The molecule has 3 nitrogen and oxygen atoms in total. The van der Waals surface area contributed by atoms with Crippen molar-refractivity contribution in [1.82, 2.24) is 10.2 Å². The fourth-order valence-corrected chi connectivity index (χ4v) is 3.42. The Kier molecular flexibility index (Phi) is 3.92. The van der Waals surface area contributed by atoms with Crippen LogP contribution in [0.5, 0.6) is 0 Å². The minimum atomic E-state index is 0.477. The summed E-state index contributed by atoms with van der Waals surface area (Å²) in [7, 11) is 2.10. The molecule has 0 unspecified atom stereocenters. The molecule has 0 spiro atoms. The monoisotopic (exact) mass is 252 g/mol. The van der Waals surface area contributed by atoms with E-state index in [1.807, 2.05) is 0 Å². The molecule has 0 atom stereocenters. The Balaban J connectivity index is 1.61. The molecule has 1 heterocycles. The minimum absolute atomic E-state index is 0.477. The lowest BCUT2D eigenvalue weighted by molar-refractivity contribution is -0.00572. The first kappa shape index (κ1) is 12.9. The zero-order chi connectivity index (χ0) is 12.4. The topological polar surface area (TPSA) is 24.5 Å². The number of nitrogens with zero attached hydrogens (tertiary/aromatic N) is 1. The molecule has 1 N–H and O–H groups in total. The summed E-state index contributed by atoms with van der Waals surface area (Å²) < 4.78 is 5.58. The van der Waals surface area contributed by atoms with Crippen LogP contribution < -0.4 is 5.32 Å². The maximum Gasteiger partial charge on any atom is 0.0472 e. The summed E-state index contributed by atoms with van der Waals surface area (Å²) in [5.41, 5.74) is 0.477. The van der Waals surface area contributed by atoms with Crippen molar-refractivity contribution in [1.29, 1.82) is 0 Å². The Hall–Kier alpha value is -0.120. The van der Waals surface area contributed by atoms with Gasteiger partial charge < -0.3 is 10.1 Å². The summed E-state index contributed by atoms with van der Waals surface area (Å²) in [6.45, 7) is 5.76. The van der Waals surface area contributed by atoms with Gasteiger partial charge in [0.05, 0.1) is 0 Å². The molecule has 104 valence electrons. The maximum absolute atomic E-state index is 5.58. The SMILES string of the molecule is CNCC1(CN(CC2CC2)C2CC2)CCOCC1. The third-order valence-electron chi connectivity index (χ3n) is 4.90. The molecule has 0 aromatic rings. The van der Waals surface area contributed by atoms with E-state index >= 15 is 0 Å². The van der Waals surface area contributed by atoms with E-state index in [4.69, 9.17) is 4.74 Å². The van der Waals surface area contributed by atoms with Gasteiger partial charge in [-0.15, -0.1) is 0 Å². The number of hydrogen-bond acceptors (Lipinski definition) is 3. The predicted molar refractivity (Wildman–Crippen MR) is 73.7 cm³/mol. The molecule has 3 heteroatoms. The second-order valence-corrected chi connectivity index (χ2v) is 6.75. The van der Waals surface area contributed by atoms with Gasteiger partial charge in [-0.1, -0.05) is 0 Å². The van der Waals surface area contributed by atoms with Crippen molar-refractivity contribution in [3.63, 3.8) is 0 Å². The first-order valence-electron chi connectivity index (χ1n) is 7.78. The lowest BCUT2D eigenvalue weighted by Gasteiger charge is -2.41. The van der Waals surface area contributed by atoms with Crippen LogP contribution in [0.2, 0.25) is 0 Å². The standard InChI is InChI=1S/C15H28N2O/c1-16-11-15(6-8-18-9-7-15)12-17(14-4-5-14)10-13-2-3-13/h13-14,16H,2-12H2,1H3. The lowest BCUT2D eigenvalue weighted by atomic mass is 9.79. The van der Waals surface area contributed by atoms with E-state index in [-0.39, 0.29) is 0 Å². The average Bonchev–Trinajstić information content (AvgIpc) is 3.24. The third-order valence-corrected chi connectivity index (χ3v) is 4.90. The summed E-state index contributed by atoms with van der Waals surface area (Å²) in [6.07, 6.45) is 8.32. The van der Waals surface area contributed by atoms with Crippen LogP contribution >= 0.6 is 0 Å². The van der Waals surface area contributed by atoms with Crippen LogP contribution in [-0.4, -0.2) is 50.8 Å². The zero-order valence-electron chi connectivity index (χ0n) is 11.8. The maximum atomic E-state index is 5.58. The van der Waals surface area contributed by atoms with Crippen LogP contribution in [-0.2, 0) is 4.74 Å². The molecule has 3 fully saturated rings. The lowest BCUT2D eigenvalue weighted by Crippen LogP contribution is -2.48. The van der Waals surface area contributed by atoms with E-state index in [0.29, 0.717) is 5.41 Å². The molecule has 3 aliphatic rings. The second kappa shape index (κ2) is 5.48. The van der Waals surface area contributed by atoms with E-state index in [1.54, 1.807) is 0 Å². The van der Waals surface area contributed by atoms with Gasteiger partial charge in [0.25, 0.3) is 0 Å². The molecule has 2 saturated carbocycles. The van der Waals surface area contributed by atoms with Crippen molar-refractivity contribution in [2.45, 2.75) is 44.6 Å². The average molecular weight is 252 g/mol. The predicted octanol–water partition coefficient (Wildman–Crippen LogP) is 1.88. The summed E-state index contributed by atoms with van der Waals surface area (Å²) in [4.78, 5) is 2.82. The van der Waals surface area contributed by atoms with Gasteiger partial charge in [-0.05, 0) is 56.9 Å². The fraction of sp³-hybridized carbons (Fsp3) is 1.00. The summed E-state index contributed by atoms with van der Waals surface area (Å²) >= 11 is 0. The number of hydrogen-bond donors (Lipinski definition) is 1. The minimum Gasteiger partial charge on any atom is -0.381 e. The molecule has 0 aromatic heterocycles. The second-order valence-electron chi connectivity index (χ2n) is 6.75. The van der Waals surface area contributed by atoms with E-state index in [2.05, 4.69) is 17.3 Å².